The molecule has 3 rings (SSSR count). The Morgan fingerprint density at radius 2 is 1.96 bits per heavy atom. The third-order valence-electron chi connectivity index (χ3n) is 4.49. The molecule has 0 unspecified atom stereocenters. The van der Waals surface area contributed by atoms with Crippen LogP contribution in [-0.4, -0.2) is 44.9 Å². The molecule has 0 spiro atoms. The Labute approximate surface area is 136 Å². The number of amides is 1. The highest BCUT2D eigenvalue weighted by atomic mass is 32.2. The van der Waals surface area contributed by atoms with E-state index >= 15 is 0 Å². The van der Waals surface area contributed by atoms with Crippen molar-refractivity contribution < 1.29 is 17.9 Å². The molecular formula is C16H22N2O4S. The lowest BCUT2D eigenvalue weighted by molar-refractivity contribution is -0.117. The predicted octanol–water partition coefficient (Wildman–Crippen LogP) is 1.61. The smallest absolute Gasteiger partial charge is 0.243 e. The van der Waals surface area contributed by atoms with Gasteiger partial charge in [-0.2, -0.15) is 4.31 Å². The predicted molar refractivity (Wildman–Crippen MR) is 86.7 cm³/mol. The molecule has 1 aromatic rings. The van der Waals surface area contributed by atoms with Gasteiger partial charge in [-0.15, -0.1) is 0 Å². The number of sulfonamides is 1. The molecule has 0 radical (unpaired) electrons. The number of anilines is 1. The molecule has 6 nitrogen and oxygen atoms in total. The molecule has 23 heavy (non-hydrogen) atoms. The van der Waals surface area contributed by atoms with E-state index < -0.39 is 10.0 Å². The monoisotopic (exact) mass is 338 g/mol. The van der Waals surface area contributed by atoms with Crippen molar-refractivity contribution in [2.45, 2.75) is 25.2 Å². The molecule has 0 bridgehead atoms. The van der Waals surface area contributed by atoms with Crippen LogP contribution in [0.4, 0.5) is 5.69 Å². The van der Waals surface area contributed by atoms with Crippen LogP contribution < -0.4 is 5.32 Å². The SMILES string of the molecule is Cc1ccc(NC(=O)[C@@H]2C[C@H]2C)cc1S(=O)(=O)N1CCOCC1. The lowest BCUT2D eigenvalue weighted by atomic mass is 10.2. The molecular weight excluding hydrogens is 316 g/mol. The molecule has 1 amide bonds. The van der Waals surface area contributed by atoms with Crippen LogP contribution in [0.5, 0.6) is 0 Å². The Balaban J connectivity index is 1.83. The summed E-state index contributed by atoms with van der Waals surface area (Å²) in [7, 11) is -3.56. The number of aryl methyl sites for hydroxylation is 1. The lowest BCUT2D eigenvalue weighted by Crippen LogP contribution is -2.40. The van der Waals surface area contributed by atoms with Crippen LogP contribution >= 0.6 is 0 Å². The summed E-state index contributed by atoms with van der Waals surface area (Å²) in [6, 6.07) is 5.04. The van der Waals surface area contributed by atoms with Crippen LogP contribution in [0, 0.1) is 18.8 Å². The summed E-state index contributed by atoms with van der Waals surface area (Å²) in [5.41, 5.74) is 1.21. The number of benzene rings is 1. The molecule has 1 saturated heterocycles. The number of nitrogens with zero attached hydrogens (tertiary/aromatic N) is 1. The van der Waals surface area contributed by atoms with Gasteiger partial charge in [0.15, 0.2) is 0 Å². The number of ether oxygens (including phenoxy) is 1. The van der Waals surface area contributed by atoms with E-state index in [9.17, 15) is 13.2 Å². The zero-order valence-corrected chi connectivity index (χ0v) is 14.2. The van der Waals surface area contributed by atoms with E-state index in [1.807, 2.05) is 6.92 Å². The number of carbonyl (C=O) groups is 1. The highest BCUT2D eigenvalue weighted by Gasteiger charge is 2.39. The quantitative estimate of drug-likeness (QED) is 0.905. The van der Waals surface area contributed by atoms with Crippen molar-refractivity contribution in [1.29, 1.82) is 0 Å². The maximum Gasteiger partial charge on any atom is 0.243 e. The first-order valence-corrected chi connectivity index (χ1v) is 9.33. The molecule has 1 saturated carbocycles. The molecule has 0 aromatic heterocycles. The van der Waals surface area contributed by atoms with Crippen molar-refractivity contribution >= 4 is 21.6 Å². The van der Waals surface area contributed by atoms with Gasteiger partial charge in [0.2, 0.25) is 15.9 Å². The van der Waals surface area contributed by atoms with Crippen molar-refractivity contribution in [3.05, 3.63) is 23.8 Å². The van der Waals surface area contributed by atoms with Crippen molar-refractivity contribution in [3.63, 3.8) is 0 Å². The van der Waals surface area contributed by atoms with Crippen molar-refractivity contribution in [2.75, 3.05) is 31.6 Å². The lowest BCUT2D eigenvalue weighted by Gasteiger charge is -2.26. The van der Waals surface area contributed by atoms with E-state index in [-0.39, 0.29) is 16.7 Å². The molecule has 2 atom stereocenters. The molecule has 1 aromatic carbocycles. The van der Waals surface area contributed by atoms with Crippen LogP contribution in [0.1, 0.15) is 18.9 Å². The van der Waals surface area contributed by atoms with Gasteiger partial charge in [0.1, 0.15) is 0 Å². The van der Waals surface area contributed by atoms with Gasteiger partial charge >= 0.3 is 0 Å². The van der Waals surface area contributed by atoms with Gasteiger partial charge in [-0.3, -0.25) is 4.79 Å². The van der Waals surface area contributed by atoms with E-state index in [1.54, 1.807) is 25.1 Å². The summed E-state index contributed by atoms with van der Waals surface area (Å²) in [6.07, 6.45) is 0.899. The second-order valence-corrected chi connectivity index (χ2v) is 8.21. The molecule has 1 aliphatic carbocycles. The fourth-order valence-corrected chi connectivity index (χ4v) is 4.46. The van der Waals surface area contributed by atoms with Gasteiger partial charge in [-0.05, 0) is 37.0 Å². The highest BCUT2D eigenvalue weighted by Crippen LogP contribution is 2.38. The van der Waals surface area contributed by atoms with Crippen LogP contribution in [-0.2, 0) is 19.6 Å². The summed E-state index contributed by atoms with van der Waals surface area (Å²) in [4.78, 5) is 12.3. The Morgan fingerprint density at radius 3 is 2.57 bits per heavy atom. The third-order valence-corrected chi connectivity index (χ3v) is 6.53. The number of nitrogens with one attached hydrogen (secondary N) is 1. The van der Waals surface area contributed by atoms with Gasteiger partial charge in [0.25, 0.3) is 0 Å². The number of hydrogen-bond acceptors (Lipinski definition) is 4. The van der Waals surface area contributed by atoms with E-state index in [1.165, 1.54) is 4.31 Å². The summed E-state index contributed by atoms with van der Waals surface area (Å²) in [6.45, 7) is 5.34. The number of carbonyl (C=O) groups excluding carboxylic acids is 1. The minimum Gasteiger partial charge on any atom is -0.379 e. The maximum atomic E-state index is 12.8. The normalized spacial score (nSPS) is 25.1. The third kappa shape index (κ3) is 3.41. The van der Waals surface area contributed by atoms with E-state index in [0.717, 1.165) is 6.42 Å². The second-order valence-electron chi connectivity index (χ2n) is 6.31. The minimum atomic E-state index is -3.56. The average Bonchev–Trinajstić information content (AvgIpc) is 3.27. The number of morpholine rings is 1. The fraction of sp³-hybridized carbons (Fsp3) is 0.562. The highest BCUT2D eigenvalue weighted by molar-refractivity contribution is 7.89. The minimum absolute atomic E-state index is 0.0314. The summed E-state index contributed by atoms with van der Waals surface area (Å²) in [5, 5.41) is 2.83. The summed E-state index contributed by atoms with van der Waals surface area (Å²) < 4.78 is 32.3. The first-order chi connectivity index (χ1) is 10.9. The van der Waals surface area contributed by atoms with E-state index in [4.69, 9.17) is 4.74 Å². The molecule has 7 heteroatoms. The van der Waals surface area contributed by atoms with Gasteiger partial charge in [0.05, 0.1) is 18.1 Å². The maximum absolute atomic E-state index is 12.8. The zero-order chi connectivity index (χ0) is 16.6. The average molecular weight is 338 g/mol. The molecule has 1 N–H and O–H groups in total. The summed E-state index contributed by atoms with van der Waals surface area (Å²) >= 11 is 0. The van der Waals surface area contributed by atoms with Crippen molar-refractivity contribution in [3.8, 4) is 0 Å². The van der Waals surface area contributed by atoms with Gasteiger partial charge in [0, 0.05) is 24.7 Å². The first kappa shape index (κ1) is 16.4. The molecule has 2 fully saturated rings. The van der Waals surface area contributed by atoms with Gasteiger partial charge in [-0.1, -0.05) is 13.0 Å². The topological polar surface area (TPSA) is 75.7 Å². The van der Waals surface area contributed by atoms with Gasteiger partial charge < -0.3 is 10.1 Å². The van der Waals surface area contributed by atoms with Gasteiger partial charge in [-0.25, -0.2) is 8.42 Å². The first-order valence-electron chi connectivity index (χ1n) is 7.89. The fourth-order valence-electron chi connectivity index (χ4n) is 2.80. The number of rotatable bonds is 4. The Kier molecular flexibility index (Phi) is 4.44. The van der Waals surface area contributed by atoms with Crippen molar-refractivity contribution in [2.24, 2.45) is 11.8 Å². The van der Waals surface area contributed by atoms with Crippen molar-refractivity contribution in [1.82, 2.24) is 4.31 Å². The molecule has 126 valence electrons. The summed E-state index contributed by atoms with van der Waals surface area (Å²) in [5.74, 6) is 0.434. The standard InChI is InChI=1S/C16H22N2O4S/c1-11-3-4-13(17-16(19)14-9-12(14)2)10-15(11)23(20,21)18-5-7-22-8-6-18/h3-4,10,12,14H,5-9H2,1-2H3,(H,17,19)/t12-,14-/m1/s1. The van der Waals surface area contributed by atoms with E-state index in [0.29, 0.717) is 43.5 Å². The zero-order valence-electron chi connectivity index (χ0n) is 13.4. The second kappa shape index (κ2) is 6.22. The molecule has 2 aliphatic rings. The number of hydrogen-bond donors (Lipinski definition) is 1. The Hall–Kier alpha value is -1.44. The molecule has 1 aliphatic heterocycles. The largest absolute Gasteiger partial charge is 0.379 e. The van der Waals surface area contributed by atoms with Crippen LogP contribution in [0.2, 0.25) is 0 Å². The molecule has 1 heterocycles. The van der Waals surface area contributed by atoms with Crippen LogP contribution in [0.15, 0.2) is 23.1 Å². The van der Waals surface area contributed by atoms with Crippen LogP contribution in [0.3, 0.4) is 0 Å². The Bertz CT molecular complexity index is 711. The van der Waals surface area contributed by atoms with E-state index in [2.05, 4.69) is 5.32 Å². The Morgan fingerprint density at radius 1 is 1.30 bits per heavy atom. The van der Waals surface area contributed by atoms with Crippen LogP contribution in [0.25, 0.3) is 0 Å².